The molecule has 0 saturated carbocycles. The van der Waals surface area contributed by atoms with Crippen molar-refractivity contribution in [3.63, 3.8) is 0 Å². The van der Waals surface area contributed by atoms with Gasteiger partial charge in [0.1, 0.15) is 0 Å². The highest BCUT2D eigenvalue weighted by molar-refractivity contribution is 5.74. The van der Waals surface area contributed by atoms with E-state index < -0.39 is 0 Å². The van der Waals surface area contributed by atoms with Crippen LogP contribution < -0.4 is 10.4 Å². The summed E-state index contributed by atoms with van der Waals surface area (Å²) in [5, 5.41) is 2.97. The Kier molecular flexibility index (Phi) is 3.56. The van der Waals surface area contributed by atoms with Crippen LogP contribution in [0.1, 0.15) is 35.4 Å². The van der Waals surface area contributed by atoms with Crippen LogP contribution in [0.4, 0.5) is 0 Å². The van der Waals surface area contributed by atoms with Crippen molar-refractivity contribution in [2.75, 3.05) is 0 Å². The predicted molar refractivity (Wildman–Crippen MR) is 106 cm³/mol. The lowest BCUT2D eigenvalue weighted by atomic mass is 9.80. The molecule has 0 nitrogen and oxygen atoms in total. The molecule has 0 N–H and O–H groups in total. The molecule has 122 valence electrons. The summed E-state index contributed by atoms with van der Waals surface area (Å²) >= 11 is 0. The van der Waals surface area contributed by atoms with Gasteiger partial charge in [-0.3, -0.25) is 0 Å². The molecule has 0 radical (unpaired) electrons. The van der Waals surface area contributed by atoms with Crippen LogP contribution in [0.3, 0.4) is 0 Å². The average molecular weight is 322 g/mol. The Morgan fingerprint density at radius 3 is 2.48 bits per heavy atom. The highest BCUT2D eigenvalue weighted by Gasteiger charge is 2.20. The molecule has 0 aromatic heterocycles. The summed E-state index contributed by atoms with van der Waals surface area (Å²) in [5.41, 5.74) is 7.28. The van der Waals surface area contributed by atoms with Crippen LogP contribution in [-0.4, -0.2) is 0 Å². The van der Waals surface area contributed by atoms with Crippen molar-refractivity contribution >= 4 is 12.2 Å². The van der Waals surface area contributed by atoms with E-state index in [0.29, 0.717) is 5.92 Å². The van der Waals surface area contributed by atoms with E-state index in [1.165, 1.54) is 45.5 Å². The van der Waals surface area contributed by atoms with Crippen LogP contribution in [0.2, 0.25) is 0 Å². The molecule has 0 bridgehead atoms. The Morgan fingerprint density at radius 2 is 1.56 bits per heavy atom. The van der Waals surface area contributed by atoms with Crippen LogP contribution in [-0.2, 0) is 12.8 Å². The topological polar surface area (TPSA) is 0 Å². The van der Waals surface area contributed by atoms with Crippen molar-refractivity contribution in [2.24, 2.45) is 0 Å². The van der Waals surface area contributed by atoms with Gasteiger partial charge < -0.3 is 0 Å². The van der Waals surface area contributed by atoms with Gasteiger partial charge in [0.05, 0.1) is 0 Å². The molecule has 5 rings (SSSR count). The summed E-state index contributed by atoms with van der Waals surface area (Å²) in [5.74, 6) is 0.637. The first-order valence-electron chi connectivity index (χ1n) is 9.35. The van der Waals surface area contributed by atoms with Gasteiger partial charge in [-0.2, -0.15) is 0 Å². The molecule has 0 spiro atoms. The second-order valence-electron chi connectivity index (χ2n) is 7.26. The fourth-order valence-electron chi connectivity index (χ4n) is 4.56. The third-order valence-corrected chi connectivity index (χ3v) is 5.78. The second-order valence-corrected chi connectivity index (χ2v) is 7.26. The number of rotatable bonds is 2. The summed E-state index contributed by atoms with van der Waals surface area (Å²) in [7, 11) is 0. The average Bonchev–Trinajstić information content (AvgIpc) is 2.68. The summed E-state index contributed by atoms with van der Waals surface area (Å²) in [6.07, 6.45) is 9.57. The summed E-state index contributed by atoms with van der Waals surface area (Å²) in [6, 6.07) is 24.5. The minimum absolute atomic E-state index is 0.637. The molecule has 0 amide bonds. The Hall–Kier alpha value is -2.60. The second kappa shape index (κ2) is 6.04. The molecule has 0 heteroatoms. The molecule has 0 fully saturated rings. The third kappa shape index (κ3) is 2.53. The lowest BCUT2D eigenvalue weighted by molar-refractivity contribution is 0.621. The first-order chi connectivity index (χ1) is 12.4. The number of fused-ring (bicyclic) bond motifs is 5. The predicted octanol–water partition coefficient (Wildman–Crippen LogP) is 4.59. The van der Waals surface area contributed by atoms with Gasteiger partial charge >= 0.3 is 0 Å². The summed E-state index contributed by atoms with van der Waals surface area (Å²) in [4.78, 5) is 0. The van der Waals surface area contributed by atoms with Crippen LogP contribution in [0, 0.1) is 0 Å². The minimum atomic E-state index is 0.637. The van der Waals surface area contributed by atoms with E-state index in [1.54, 1.807) is 5.56 Å². The van der Waals surface area contributed by atoms with Crippen molar-refractivity contribution in [2.45, 2.75) is 31.6 Å². The lowest BCUT2D eigenvalue weighted by Gasteiger charge is -2.24. The molecule has 0 aliphatic heterocycles. The molecule has 2 aliphatic carbocycles. The van der Waals surface area contributed by atoms with Gasteiger partial charge in [-0.1, -0.05) is 78.9 Å². The largest absolute Gasteiger partial charge is 0.0763 e. The smallest absolute Gasteiger partial charge is 0.00819 e. The lowest BCUT2D eigenvalue weighted by Crippen LogP contribution is -2.35. The highest BCUT2D eigenvalue weighted by Crippen LogP contribution is 2.29. The summed E-state index contributed by atoms with van der Waals surface area (Å²) < 4.78 is 0. The van der Waals surface area contributed by atoms with Crippen molar-refractivity contribution in [3.8, 4) is 11.1 Å². The van der Waals surface area contributed by atoms with E-state index in [2.05, 4.69) is 78.9 Å². The zero-order valence-corrected chi connectivity index (χ0v) is 14.4. The van der Waals surface area contributed by atoms with Gasteiger partial charge in [-0.05, 0) is 69.9 Å². The fraction of sp³-hybridized carbons (Fsp3) is 0.200. The van der Waals surface area contributed by atoms with Gasteiger partial charge in [0.2, 0.25) is 0 Å². The number of hydrogen-bond donors (Lipinski definition) is 0. The highest BCUT2D eigenvalue weighted by atomic mass is 14.2. The monoisotopic (exact) mass is 322 g/mol. The Morgan fingerprint density at radius 1 is 0.720 bits per heavy atom. The van der Waals surface area contributed by atoms with Gasteiger partial charge in [0.25, 0.3) is 0 Å². The quantitative estimate of drug-likeness (QED) is 0.647. The molecule has 2 aliphatic rings. The van der Waals surface area contributed by atoms with Gasteiger partial charge in [0.15, 0.2) is 0 Å². The zero-order chi connectivity index (χ0) is 16.6. The molecule has 1 atom stereocenters. The SMILES string of the molecule is C1=c2c(ccc3c2=CCCC3Cc2ccccc2)-c2ccccc2C1. The summed E-state index contributed by atoms with van der Waals surface area (Å²) in [6.45, 7) is 0. The number of hydrogen-bond acceptors (Lipinski definition) is 0. The van der Waals surface area contributed by atoms with Gasteiger partial charge in [-0.15, -0.1) is 0 Å². The van der Waals surface area contributed by atoms with Gasteiger partial charge in [0, 0.05) is 0 Å². The van der Waals surface area contributed by atoms with Crippen LogP contribution in [0.5, 0.6) is 0 Å². The van der Waals surface area contributed by atoms with E-state index in [0.717, 1.165) is 12.8 Å². The molecule has 3 aromatic carbocycles. The molecule has 3 aromatic rings. The number of benzene rings is 3. The van der Waals surface area contributed by atoms with E-state index in [1.807, 2.05) is 0 Å². The molecule has 0 heterocycles. The first-order valence-corrected chi connectivity index (χ1v) is 9.35. The maximum atomic E-state index is 2.47. The molecule has 1 unspecified atom stereocenters. The third-order valence-electron chi connectivity index (χ3n) is 5.78. The van der Waals surface area contributed by atoms with E-state index in [9.17, 15) is 0 Å². The van der Waals surface area contributed by atoms with Crippen LogP contribution in [0.25, 0.3) is 23.3 Å². The first kappa shape index (κ1) is 14.7. The van der Waals surface area contributed by atoms with E-state index in [4.69, 9.17) is 0 Å². The van der Waals surface area contributed by atoms with Crippen molar-refractivity contribution in [3.05, 3.63) is 93.9 Å². The molecule has 25 heavy (non-hydrogen) atoms. The van der Waals surface area contributed by atoms with Gasteiger partial charge in [-0.25, -0.2) is 0 Å². The molecular weight excluding hydrogens is 300 g/mol. The standard InChI is InChI=1S/C25H22/c1-2-7-18(8-3-1)17-20-10-6-12-23-22(20)15-16-24-21-11-5-4-9-19(21)13-14-25(23)24/h1-5,7-9,11-12,14-16,20H,6,10,13,17H2. The normalized spacial score (nSPS) is 17.5. The maximum Gasteiger partial charge on any atom is -0.00819 e. The van der Waals surface area contributed by atoms with Crippen molar-refractivity contribution < 1.29 is 0 Å². The van der Waals surface area contributed by atoms with Crippen molar-refractivity contribution in [1.82, 2.24) is 0 Å². The Labute approximate surface area is 149 Å². The maximum absolute atomic E-state index is 2.47. The van der Waals surface area contributed by atoms with Crippen LogP contribution >= 0.6 is 0 Å². The zero-order valence-electron chi connectivity index (χ0n) is 14.4. The van der Waals surface area contributed by atoms with Crippen molar-refractivity contribution in [1.29, 1.82) is 0 Å². The van der Waals surface area contributed by atoms with E-state index >= 15 is 0 Å². The fourth-order valence-corrected chi connectivity index (χ4v) is 4.56. The Balaban J connectivity index is 1.62. The van der Waals surface area contributed by atoms with E-state index in [-0.39, 0.29) is 0 Å². The molecular formula is C25H22. The Bertz CT molecular complexity index is 1040. The van der Waals surface area contributed by atoms with Crippen LogP contribution in [0.15, 0.2) is 66.7 Å². The molecule has 0 saturated heterocycles. The minimum Gasteiger partial charge on any atom is -0.0763 e.